The average molecular weight is 417 g/mol. The number of anilines is 2. The first-order chi connectivity index (χ1) is 14.7. The van der Waals surface area contributed by atoms with Crippen LogP contribution in [0.15, 0.2) is 66.9 Å². The van der Waals surface area contributed by atoms with Gasteiger partial charge >= 0.3 is 0 Å². The lowest BCUT2D eigenvalue weighted by atomic mass is 10.1. The number of nitrogens with one attached hydrogen (secondary N) is 2. The van der Waals surface area contributed by atoms with Crippen molar-refractivity contribution >= 4 is 37.9 Å². The predicted molar refractivity (Wildman–Crippen MR) is 121 cm³/mol. The molecule has 30 heavy (non-hydrogen) atoms. The molecule has 0 fully saturated rings. The van der Waals surface area contributed by atoms with Crippen molar-refractivity contribution in [2.24, 2.45) is 0 Å². The van der Waals surface area contributed by atoms with Gasteiger partial charge in [0.1, 0.15) is 17.2 Å². The van der Waals surface area contributed by atoms with E-state index in [0.717, 1.165) is 46.9 Å². The van der Waals surface area contributed by atoms with Gasteiger partial charge in [-0.3, -0.25) is 4.98 Å². The molecule has 0 amide bonds. The van der Waals surface area contributed by atoms with E-state index in [1.807, 2.05) is 42.5 Å². The van der Waals surface area contributed by atoms with Crippen LogP contribution in [-0.4, -0.2) is 28.2 Å². The largest absolute Gasteiger partial charge is 0.506 e. The van der Waals surface area contributed by atoms with Crippen molar-refractivity contribution in [1.82, 2.24) is 15.3 Å². The molecule has 2 aromatic heterocycles. The molecule has 0 saturated heterocycles. The van der Waals surface area contributed by atoms with E-state index in [2.05, 4.69) is 26.7 Å². The standard InChI is InChI=1S/C23H20N4O2S/c28-21-4-2-1-3-18(21)26-23-27-19-6-5-16(14-22(19)30-23)29-17-9-12-25-20(13-17)15-7-10-24-11-8-15/h1-7,9,12-14,24,28H,8,10-11H2,(H,26,27). The fourth-order valence-corrected chi connectivity index (χ4v) is 4.26. The molecule has 0 spiro atoms. The average Bonchev–Trinajstić information content (AvgIpc) is 3.18. The first-order valence-electron chi connectivity index (χ1n) is 9.74. The van der Waals surface area contributed by atoms with Crippen LogP contribution in [0.1, 0.15) is 12.1 Å². The van der Waals surface area contributed by atoms with Gasteiger partial charge in [-0.15, -0.1) is 0 Å². The minimum absolute atomic E-state index is 0.193. The number of benzene rings is 2. The van der Waals surface area contributed by atoms with Gasteiger partial charge in [0.25, 0.3) is 0 Å². The van der Waals surface area contributed by atoms with Gasteiger partial charge in [0.05, 0.1) is 21.6 Å². The van der Waals surface area contributed by atoms with Crippen LogP contribution in [-0.2, 0) is 0 Å². The number of hydrogen-bond acceptors (Lipinski definition) is 7. The fourth-order valence-electron chi connectivity index (χ4n) is 3.36. The minimum atomic E-state index is 0.193. The van der Waals surface area contributed by atoms with Crippen LogP contribution in [0.3, 0.4) is 0 Å². The van der Waals surface area contributed by atoms with Gasteiger partial charge in [0.15, 0.2) is 5.13 Å². The zero-order chi connectivity index (χ0) is 20.3. The number of para-hydroxylation sites is 2. The Morgan fingerprint density at radius 1 is 1.07 bits per heavy atom. The monoisotopic (exact) mass is 416 g/mol. The summed E-state index contributed by atoms with van der Waals surface area (Å²) in [7, 11) is 0. The number of aromatic nitrogens is 2. The second-order valence-corrected chi connectivity index (χ2v) is 7.98. The van der Waals surface area contributed by atoms with Crippen LogP contribution in [0.25, 0.3) is 15.8 Å². The summed E-state index contributed by atoms with van der Waals surface area (Å²) >= 11 is 1.51. The Morgan fingerprint density at radius 2 is 1.97 bits per heavy atom. The molecule has 4 aromatic rings. The number of phenolic OH excluding ortho intramolecular Hbond substituents is 1. The van der Waals surface area contributed by atoms with Gasteiger partial charge in [-0.05, 0) is 48.9 Å². The van der Waals surface area contributed by atoms with Gasteiger partial charge in [-0.1, -0.05) is 29.5 Å². The topological polar surface area (TPSA) is 79.3 Å². The lowest BCUT2D eigenvalue weighted by Gasteiger charge is -2.14. The van der Waals surface area contributed by atoms with E-state index in [-0.39, 0.29) is 5.75 Å². The normalized spacial score (nSPS) is 13.8. The molecule has 0 bridgehead atoms. The van der Waals surface area contributed by atoms with E-state index in [0.29, 0.717) is 10.8 Å². The van der Waals surface area contributed by atoms with E-state index < -0.39 is 0 Å². The number of fused-ring (bicyclic) bond motifs is 1. The fraction of sp³-hybridized carbons (Fsp3) is 0.130. The molecule has 7 heteroatoms. The van der Waals surface area contributed by atoms with Crippen molar-refractivity contribution in [1.29, 1.82) is 0 Å². The van der Waals surface area contributed by atoms with Gasteiger partial charge in [0.2, 0.25) is 0 Å². The van der Waals surface area contributed by atoms with Crippen molar-refractivity contribution in [3.05, 3.63) is 72.6 Å². The molecule has 0 atom stereocenters. The lowest BCUT2D eigenvalue weighted by molar-refractivity contribution is 0.477. The maximum absolute atomic E-state index is 9.95. The van der Waals surface area contributed by atoms with Crippen molar-refractivity contribution in [2.75, 3.05) is 18.4 Å². The van der Waals surface area contributed by atoms with Crippen LogP contribution < -0.4 is 15.4 Å². The molecule has 0 aliphatic carbocycles. The van der Waals surface area contributed by atoms with Crippen LogP contribution >= 0.6 is 11.3 Å². The number of hydrogen-bond donors (Lipinski definition) is 3. The summed E-state index contributed by atoms with van der Waals surface area (Å²) < 4.78 is 7.10. The van der Waals surface area contributed by atoms with Gasteiger partial charge in [-0.25, -0.2) is 4.98 Å². The molecule has 1 aliphatic heterocycles. The number of aromatic hydroxyl groups is 1. The van der Waals surface area contributed by atoms with Crippen molar-refractivity contribution in [3.63, 3.8) is 0 Å². The summed E-state index contributed by atoms with van der Waals surface area (Å²) in [4.78, 5) is 9.08. The van der Waals surface area contributed by atoms with Crippen molar-refractivity contribution in [2.45, 2.75) is 6.42 Å². The smallest absolute Gasteiger partial charge is 0.188 e. The Bertz CT molecular complexity index is 1230. The quantitative estimate of drug-likeness (QED) is 0.383. The molecule has 5 rings (SSSR count). The number of pyridine rings is 1. The highest BCUT2D eigenvalue weighted by Crippen LogP contribution is 2.34. The highest BCUT2D eigenvalue weighted by molar-refractivity contribution is 7.22. The van der Waals surface area contributed by atoms with Crippen LogP contribution in [0, 0.1) is 0 Å². The van der Waals surface area contributed by atoms with E-state index in [9.17, 15) is 5.11 Å². The van der Waals surface area contributed by atoms with E-state index in [1.165, 1.54) is 16.9 Å². The molecule has 3 N–H and O–H groups in total. The van der Waals surface area contributed by atoms with Crippen LogP contribution in [0.2, 0.25) is 0 Å². The minimum Gasteiger partial charge on any atom is -0.506 e. The van der Waals surface area contributed by atoms with Gasteiger partial charge in [-0.2, -0.15) is 0 Å². The third-order valence-corrected chi connectivity index (χ3v) is 5.80. The van der Waals surface area contributed by atoms with Crippen molar-refractivity contribution in [3.8, 4) is 17.2 Å². The summed E-state index contributed by atoms with van der Waals surface area (Å²) in [6.07, 6.45) is 4.93. The zero-order valence-corrected chi connectivity index (χ0v) is 16.9. The predicted octanol–water partition coefficient (Wildman–Crippen LogP) is 5.31. The Kier molecular flexibility index (Phi) is 5.04. The summed E-state index contributed by atoms with van der Waals surface area (Å²) in [6.45, 7) is 1.85. The van der Waals surface area contributed by atoms with E-state index >= 15 is 0 Å². The second kappa shape index (κ2) is 8.14. The third kappa shape index (κ3) is 3.98. The number of phenols is 1. The first kappa shape index (κ1) is 18.6. The van der Waals surface area contributed by atoms with Gasteiger partial charge in [0, 0.05) is 24.9 Å². The molecule has 1 aliphatic rings. The molecule has 3 heterocycles. The van der Waals surface area contributed by atoms with Crippen molar-refractivity contribution < 1.29 is 9.84 Å². The Hall–Kier alpha value is -3.42. The Morgan fingerprint density at radius 3 is 2.83 bits per heavy atom. The SMILES string of the molecule is Oc1ccccc1Nc1nc2ccc(Oc3ccnc(C4=CCNCC4)c3)cc2s1. The maximum Gasteiger partial charge on any atom is 0.188 e. The summed E-state index contributed by atoms with van der Waals surface area (Å²) in [5, 5.41) is 17.2. The van der Waals surface area contributed by atoms with E-state index in [1.54, 1.807) is 18.3 Å². The maximum atomic E-state index is 9.95. The van der Waals surface area contributed by atoms with Crippen LogP contribution in [0.4, 0.5) is 10.8 Å². The van der Waals surface area contributed by atoms with Gasteiger partial charge < -0.3 is 20.5 Å². The summed E-state index contributed by atoms with van der Waals surface area (Å²) in [6, 6.07) is 16.8. The molecule has 0 radical (unpaired) electrons. The molecule has 0 saturated carbocycles. The third-order valence-electron chi connectivity index (χ3n) is 4.87. The first-order valence-corrected chi connectivity index (χ1v) is 10.6. The Labute approximate surface area is 177 Å². The molecular weight excluding hydrogens is 396 g/mol. The van der Waals surface area contributed by atoms with Crippen LogP contribution in [0.5, 0.6) is 17.2 Å². The molecule has 150 valence electrons. The number of rotatable bonds is 5. The molecule has 6 nitrogen and oxygen atoms in total. The molecular formula is C23H20N4O2S. The Balaban J connectivity index is 1.37. The number of nitrogens with zero attached hydrogens (tertiary/aromatic N) is 2. The van der Waals surface area contributed by atoms with E-state index in [4.69, 9.17) is 4.74 Å². The zero-order valence-electron chi connectivity index (χ0n) is 16.1. The number of thiazole rings is 1. The highest BCUT2D eigenvalue weighted by Gasteiger charge is 2.10. The summed E-state index contributed by atoms with van der Waals surface area (Å²) in [5.74, 6) is 1.70. The second-order valence-electron chi connectivity index (χ2n) is 6.95. The molecule has 0 unspecified atom stereocenters. The number of ether oxygens (including phenoxy) is 1. The molecule has 2 aromatic carbocycles. The summed E-state index contributed by atoms with van der Waals surface area (Å²) in [5.41, 5.74) is 3.71. The lowest BCUT2D eigenvalue weighted by Crippen LogP contribution is -2.20. The highest BCUT2D eigenvalue weighted by atomic mass is 32.1.